The van der Waals surface area contributed by atoms with Gasteiger partial charge in [-0.3, -0.25) is 4.98 Å². The second-order valence-corrected chi connectivity index (χ2v) is 2.57. The summed E-state index contributed by atoms with van der Waals surface area (Å²) < 4.78 is 0. The Morgan fingerprint density at radius 2 is 2.36 bits per heavy atom. The van der Waals surface area contributed by atoms with Gasteiger partial charge in [0, 0.05) is 0 Å². The molecule has 0 saturated carbocycles. The summed E-state index contributed by atoms with van der Waals surface area (Å²) in [5, 5.41) is 4.46. The third kappa shape index (κ3) is 2.05. The molecule has 1 aromatic rings. The molecule has 0 aromatic carbocycles. The molecule has 0 aliphatic heterocycles. The van der Waals surface area contributed by atoms with Crippen LogP contribution in [0.5, 0.6) is 0 Å². The molecule has 0 unspecified atom stereocenters. The molecular weight excluding hydrogens is 180 g/mol. The Hall–Kier alpha value is -1.95. The quantitative estimate of drug-likeness (QED) is 0.304. The average molecular weight is 192 g/mol. The van der Waals surface area contributed by atoms with E-state index < -0.39 is 0 Å². The SMILES string of the molecule is C=Cc1ncc(N(N)/C=N\N)nc1C. The van der Waals surface area contributed by atoms with Crippen molar-refractivity contribution >= 4 is 18.2 Å². The van der Waals surface area contributed by atoms with Gasteiger partial charge in [0.25, 0.3) is 0 Å². The average Bonchev–Trinajstić information content (AvgIpc) is 2.18. The molecule has 0 saturated heterocycles. The van der Waals surface area contributed by atoms with Crippen molar-refractivity contribution in [3.8, 4) is 0 Å². The number of hydrazine groups is 1. The van der Waals surface area contributed by atoms with Crippen LogP contribution in [0.4, 0.5) is 5.82 Å². The van der Waals surface area contributed by atoms with E-state index in [1.807, 2.05) is 6.92 Å². The highest BCUT2D eigenvalue weighted by atomic mass is 15.4. The Labute approximate surface area is 81.9 Å². The van der Waals surface area contributed by atoms with Crippen molar-refractivity contribution in [1.29, 1.82) is 0 Å². The van der Waals surface area contributed by atoms with Crippen LogP contribution in [0.15, 0.2) is 17.9 Å². The fourth-order valence-corrected chi connectivity index (χ4v) is 0.934. The fraction of sp³-hybridized carbons (Fsp3) is 0.125. The fourth-order valence-electron chi connectivity index (χ4n) is 0.934. The lowest BCUT2D eigenvalue weighted by molar-refractivity contribution is 1.01. The molecule has 6 heteroatoms. The Morgan fingerprint density at radius 3 is 2.86 bits per heavy atom. The molecule has 0 atom stereocenters. The summed E-state index contributed by atoms with van der Waals surface area (Å²) in [4.78, 5) is 8.28. The molecule has 0 aliphatic carbocycles. The van der Waals surface area contributed by atoms with E-state index in [4.69, 9.17) is 11.7 Å². The Balaban J connectivity index is 3.02. The van der Waals surface area contributed by atoms with Crippen LogP contribution in [-0.4, -0.2) is 16.3 Å². The van der Waals surface area contributed by atoms with Gasteiger partial charge in [0.2, 0.25) is 0 Å². The van der Waals surface area contributed by atoms with Crippen molar-refractivity contribution in [2.45, 2.75) is 6.92 Å². The predicted octanol–water partition coefficient (Wildman–Crippen LogP) is 0.0101. The molecule has 74 valence electrons. The number of hydrogen-bond donors (Lipinski definition) is 2. The Morgan fingerprint density at radius 1 is 1.64 bits per heavy atom. The van der Waals surface area contributed by atoms with Gasteiger partial charge < -0.3 is 5.84 Å². The molecule has 14 heavy (non-hydrogen) atoms. The number of aryl methyl sites for hydroxylation is 1. The first kappa shape index (κ1) is 10.1. The van der Waals surface area contributed by atoms with Gasteiger partial charge >= 0.3 is 0 Å². The van der Waals surface area contributed by atoms with E-state index in [1.54, 1.807) is 6.08 Å². The van der Waals surface area contributed by atoms with Crippen LogP contribution < -0.4 is 16.7 Å². The predicted molar refractivity (Wildman–Crippen MR) is 56.2 cm³/mol. The van der Waals surface area contributed by atoms with Crippen LogP contribution in [0.25, 0.3) is 6.08 Å². The number of hydrazone groups is 1. The number of aromatic nitrogens is 2. The van der Waals surface area contributed by atoms with Crippen LogP contribution in [0.1, 0.15) is 11.4 Å². The molecule has 0 spiro atoms. The highest BCUT2D eigenvalue weighted by Gasteiger charge is 2.03. The largest absolute Gasteiger partial charge is 0.322 e. The lowest BCUT2D eigenvalue weighted by Crippen LogP contribution is -2.30. The van der Waals surface area contributed by atoms with Gasteiger partial charge in [-0.1, -0.05) is 6.58 Å². The highest BCUT2D eigenvalue weighted by molar-refractivity contribution is 5.75. The van der Waals surface area contributed by atoms with Gasteiger partial charge in [-0.05, 0) is 13.0 Å². The molecule has 1 aromatic heterocycles. The molecule has 0 aliphatic rings. The van der Waals surface area contributed by atoms with E-state index in [0.717, 1.165) is 11.4 Å². The maximum Gasteiger partial charge on any atom is 0.167 e. The first-order valence-corrected chi connectivity index (χ1v) is 3.92. The van der Waals surface area contributed by atoms with E-state index in [0.29, 0.717) is 5.82 Å². The van der Waals surface area contributed by atoms with Crippen molar-refractivity contribution in [1.82, 2.24) is 9.97 Å². The van der Waals surface area contributed by atoms with Gasteiger partial charge in [-0.2, -0.15) is 5.10 Å². The molecule has 0 bridgehead atoms. The minimum absolute atomic E-state index is 0.474. The second kappa shape index (κ2) is 4.33. The summed E-state index contributed by atoms with van der Waals surface area (Å²) in [5.74, 6) is 11.0. The summed E-state index contributed by atoms with van der Waals surface area (Å²) in [7, 11) is 0. The van der Waals surface area contributed by atoms with E-state index in [1.165, 1.54) is 17.5 Å². The molecule has 0 fully saturated rings. The zero-order valence-electron chi connectivity index (χ0n) is 7.88. The number of hydrogen-bond acceptors (Lipinski definition) is 5. The maximum absolute atomic E-state index is 5.54. The maximum atomic E-state index is 5.54. The summed E-state index contributed by atoms with van der Waals surface area (Å²) in [6.45, 7) is 5.43. The van der Waals surface area contributed by atoms with Crippen molar-refractivity contribution < 1.29 is 0 Å². The molecule has 4 N–H and O–H groups in total. The highest BCUT2D eigenvalue weighted by Crippen LogP contribution is 2.08. The zero-order chi connectivity index (χ0) is 10.6. The smallest absolute Gasteiger partial charge is 0.167 e. The van der Waals surface area contributed by atoms with Gasteiger partial charge in [0.1, 0.15) is 6.34 Å². The normalized spacial score (nSPS) is 10.4. The molecule has 1 heterocycles. The van der Waals surface area contributed by atoms with Gasteiger partial charge in [-0.15, -0.1) is 0 Å². The van der Waals surface area contributed by atoms with E-state index in [2.05, 4.69) is 21.6 Å². The van der Waals surface area contributed by atoms with Crippen LogP contribution in [0, 0.1) is 6.92 Å². The summed E-state index contributed by atoms with van der Waals surface area (Å²) >= 11 is 0. The van der Waals surface area contributed by atoms with Crippen molar-refractivity contribution in [2.24, 2.45) is 16.8 Å². The molecule has 0 radical (unpaired) electrons. The number of anilines is 1. The summed E-state index contributed by atoms with van der Waals surface area (Å²) in [6.07, 6.45) is 4.40. The van der Waals surface area contributed by atoms with Crippen molar-refractivity contribution in [2.75, 3.05) is 5.01 Å². The van der Waals surface area contributed by atoms with Crippen LogP contribution in [0.3, 0.4) is 0 Å². The second-order valence-electron chi connectivity index (χ2n) is 2.57. The van der Waals surface area contributed by atoms with Crippen LogP contribution >= 0.6 is 0 Å². The number of rotatable bonds is 3. The van der Waals surface area contributed by atoms with Gasteiger partial charge in [0.15, 0.2) is 5.82 Å². The van der Waals surface area contributed by atoms with Gasteiger partial charge in [-0.25, -0.2) is 15.8 Å². The Bertz CT molecular complexity index is 359. The van der Waals surface area contributed by atoms with Gasteiger partial charge in [0.05, 0.1) is 17.6 Å². The lowest BCUT2D eigenvalue weighted by Gasteiger charge is -2.11. The third-order valence-corrected chi connectivity index (χ3v) is 1.62. The minimum Gasteiger partial charge on any atom is -0.322 e. The monoisotopic (exact) mass is 192 g/mol. The van der Waals surface area contributed by atoms with Crippen molar-refractivity contribution in [3.63, 3.8) is 0 Å². The van der Waals surface area contributed by atoms with Crippen molar-refractivity contribution in [3.05, 3.63) is 24.2 Å². The molecule has 0 amide bonds. The first-order valence-electron chi connectivity index (χ1n) is 3.92. The first-order chi connectivity index (χ1) is 6.69. The molecular formula is C8H12N6. The van der Waals surface area contributed by atoms with Crippen LogP contribution in [-0.2, 0) is 0 Å². The molecule has 1 rings (SSSR count). The Kier molecular flexibility index (Phi) is 3.14. The topological polar surface area (TPSA) is 93.4 Å². The van der Waals surface area contributed by atoms with E-state index in [9.17, 15) is 0 Å². The van der Waals surface area contributed by atoms with E-state index >= 15 is 0 Å². The zero-order valence-corrected chi connectivity index (χ0v) is 7.88. The number of nitrogens with two attached hydrogens (primary N) is 2. The van der Waals surface area contributed by atoms with Crippen LogP contribution in [0.2, 0.25) is 0 Å². The third-order valence-electron chi connectivity index (χ3n) is 1.62. The summed E-state index contributed by atoms with van der Waals surface area (Å²) in [5.41, 5.74) is 1.48. The minimum atomic E-state index is 0.474. The summed E-state index contributed by atoms with van der Waals surface area (Å²) in [6, 6.07) is 0. The standard InChI is InChI=1S/C8H12N6/c1-3-7-6(2)13-8(4-11-7)14(10)5-12-9/h3-5H,1,9-10H2,2H3/b12-5-. The molecule has 6 nitrogen and oxygen atoms in total. The number of nitrogens with zero attached hydrogens (tertiary/aromatic N) is 4. The lowest BCUT2D eigenvalue weighted by atomic mass is 10.3. The van der Waals surface area contributed by atoms with E-state index in [-0.39, 0.29) is 0 Å².